The lowest BCUT2D eigenvalue weighted by atomic mass is 10.0. The lowest BCUT2D eigenvalue weighted by Crippen LogP contribution is -2.42. The van der Waals surface area contributed by atoms with Crippen molar-refractivity contribution in [1.82, 2.24) is 5.32 Å². The Hall–Kier alpha value is -2.20. The fourth-order valence-electron chi connectivity index (χ4n) is 2.37. The van der Waals surface area contributed by atoms with Gasteiger partial charge in [0.25, 0.3) is 0 Å². The molecule has 1 aliphatic heterocycles. The van der Waals surface area contributed by atoms with E-state index in [1.165, 1.54) is 0 Å². The minimum absolute atomic E-state index is 0.100. The highest BCUT2D eigenvalue weighted by atomic mass is 35.5. The highest BCUT2D eigenvalue weighted by Crippen LogP contribution is 2.27. The van der Waals surface area contributed by atoms with Crippen LogP contribution >= 0.6 is 11.6 Å². The van der Waals surface area contributed by atoms with Crippen LogP contribution in [-0.2, 0) is 17.8 Å². The number of rotatable bonds is 3. The Balaban J connectivity index is 1.51. The predicted octanol–water partition coefficient (Wildman–Crippen LogP) is 3.57. The van der Waals surface area contributed by atoms with Gasteiger partial charge in [-0.1, -0.05) is 48.0 Å². The Labute approximate surface area is 134 Å². The molecule has 3 rings (SSSR count). The van der Waals surface area contributed by atoms with Gasteiger partial charge in [-0.25, -0.2) is 4.79 Å². The molecule has 1 amide bonds. The summed E-state index contributed by atoms with van der Waals surface area (Å²) in [5, 5.41) is 3.47. The number of ether oxygens (including phenoxy) is 2. The average Bonchev–Trinajstić information content (AvgIpc) is 2.54. The van der Waals surface area contributed by atoms with E-state index in [0.717, 1.165) is 16.9 Å². The third-order valence-corrected chi connectivity index (χ3v) is 3.71. The SMILES string of the molecule is O=C(NC1COc2cc(Cl)ccc2C1)OCc1ccccc1. The third-order valence-electron chi connectivity index (χ3n) is 3.47. The molecule has 0 saturated carbocycles. The molecular formula is C17H16ClNO3. The van der Waals surface area contributed by atoms with E-state index in [4.69, 9.17) is 21.1 Å². The first-order valence-corrected chi connectivity index (χ1v) is 7.47. The molecule has 4 nitrogen and oxygen atoms in total. The largest absolute Gasteiger partial charge is 0.491 e. The first-order valence-electron chi connectivity index (χ1n) is 7.09. The Kier molecular flexibility index (Phi) is 4.49. The molecule has 0 aromatic heterocycles. The summed E-state index contributed by atoms with van der Waals surface area (Å²) in [6, 6.07) is 15.0. The van der Waals surface area contributed by atoms with Gasteiger partial charge in [0.2, 0.25) is 0 Å². The van der Waals surface area contributed by atoms with Gasteiger partial charge in [-0.2, -0.15) is 0 Å². The van der Waals surface area contributed by atoms with Crippen LogP contribution in [0.15, 0.2) is 48.5 Å². The first-order chi connectivity index (χ1) is 10.7. The number of amides is 1. The van der Waals surface area contributed by atoms with Crippen LogP contribution in [-0.4, -0.2) is 18.7 Å². The molecule has 1 unspecified atom stereocenters. The highest BCUT2D eigenvalue weighted by molar-refractivity contribution is 6.30. The molecular weight excluding hydrogens is 302 g/mol. The molecule has 0 saturated heterocycles. The number of alkyl carbamates (subject to hydrolysis) is 1. The fourth-order valence-corrected chi connectivity index (χ4v) is 2.53. The van der Waals surface area contributed by atoms with Gasteiger partial charge in [-0.15, -0.1) is 0 Å². The minimum atomic E-state index is -0.435. The number of carbonyl (C=O) groups is 1. The molecule has 0 bridgehead atoms. The normalized spacial score (nSPS) is 16.3. The quantitative estimate of drug-likeness (QED) is 0.941. The number of carbonyl (C=O) groups excluding carboxylic acids is 1. The minimum Gasteiger partial charge on any atom is -0.491 e. The van der Waals surface area contributed by atoms with E-state index in [9.17, 15) is 4.79 Å². The van der Waals surface area contributed by atoms with Gasteiger partial charge in [0, 0.05) is 5.02 Å². The molecule has 1 N–H and O–H groups in total. The van der Waals surface area contributed by atoms with Crippen molar-refractivity contribution in [2.75, 3.05) is 6.61 Å². The lowest BCUT2D eigenvalue weighted by Gasteiger charge is -2.25. The van der Waals surface area contributed by atoms with E-state index < -0.39 is 6.09 Å². The average molecular weight is 318 g/mol. The standard InChI is InChI=1S/C17H16ClNO3/c18-14-7-6-13-8-15(11-21-16(13)9-14)19-17(20)22-10-12-4-2-1-3-5-12/h1-7,9,15H,8,10-11H2,(H,19,20). The van der Waals surface area contributed by atoms with Crippen molar-refractivity contribution >= 4 is 17.7 Å². The van der Waals surface area contributed by atoms with E-state index in [1.54, 1.807) is 6.07 Å². The predicted molar refractivity (Wildman–Crippen MR) is 84.2 cm³/mol. The molecule has 0 spiro atoms. The monoisotopic (exact) mass is 317 g/mol. The zero-order chi connectivity index (χ0) is 15.4. The summed E-state index contributed by atoms with van der Waals surface area (Å²) in [6.07, 6.45) is 0.266. The number of benzene rings is 2. The first kappa shape index (κ1) is 14.7. The van der Waals surface area contributed by atoms with E-state index in [0.29, 0.717) is 18.1 Å². The van der Waals surface area contributed by atoms with Crippen molar-refractivity contribution in [2.45, 2.75) is 19.1 Å². The van der Waals surface area contributed by atoms with E-state index in [-0.39, 0.29) is 12.6 Å². The van der Waals surface area contributed by atoms with Gasteiger partial charge in [0.05, 0.1) is 6.04 Å². The lowest BCUT2D eigenvalue weighted by molar-refractivity contribution is 0.128. The molecule has 0 radical (unpaired) electrons. The van der Waals surface area contributed by atoms with E-state index >= 15 is 0 Å². The zero-order valence-electron chi connectivity index (χ0n) is 11.9. The second-order valence-electron chi connectivity index (χ2n) is 5.17. The van der Waals surface area contributed by atoms with Gasteiger partial charge >= 0.3 is 6.09 Å². The molecule has 0 aliphatic carbocycles. The summed E-state index contributed by atoms with van der Waals surface area (Å²) in [7, 11) is 0. The number of fused-ring (bicyclic) bond motifs is 1. The van der Waals surface area contributed by atoms with Crippen LogP contribution in [0.2, 0.25) is 5.02 Å². The van der Waals surface area contributed by atoms with Gasteiger partial charge in [0.15, 0.2) is 0 Å². The summed E-state index contributed by atoms with van der Waals surface area (Å²) in [6.45, 7) is 0.667. The van der Waals surface area contributed by atoms with Crippen LogP contribution in [0, 0.1) is 0 Å². The molecule has 1 atom stereocenters. The number of nitrogens with one attached hydrogen (secondary N) is 1. The van der Waals surface area contributed by atoms with Crippen molar-refractivity contribution < 1.29 is 14.3 Å². The van der Waals surface area contributed by atoms with Crippen LogP contribution in [0.1, 0.15) is 11.1 Å². The van der Waals surface area contributed by atoms with Crippen LogP contribution in [0.25, 0.3) is 0 Å². The second kappa shape index (κ2) is 6.71. The molecule has 2 aromatic carbocycles. The highest BCUT2D eigenvalue weighted by Gasteiger charge is 2.22. The van der Waals surface area contributed by atoms with Crippen LogP contribution in [0.4, 0.5) is 4.79 Å². The Bertz CT molecular complexity index is 660. The summed E-state index contributed by atoms with van der Waals surface area (Å²) in [5.74, 6) is 0.781. The Morgan fingerprint density at radius 1 is 1.27 bits per heavy atom. The summed E-state index contributed by atoms with van der Waals surface area (Å²) < 4.78 is 10.8. The molecule has 22 heavy (non-hydrogen) atoms. The molecule has 5 heteroatoms. The third kappa shape index (κ3) is 3.71. The van der Waals surface area contributed by atoms with Gasteiger partial charge in [-0.05, 0) is 29.7 Å². The summed E-state index contributed by atoms with van der Waals surface area (Å²) in [4.78, 5) is 11.8. The topological polar surface area (TPSA) is 47.6 Å². The van der Waals surface area contributed by atoms with Crippen LogP contribution in [0.5, 0.6) is 5.75 Å². The molecule has 1 heterocycles. The van der Waals surface area contributed by atoms with Crippen molar-refractivity contribution in [3.63, 3.8) is 0 Å². The zero-order valence-corrected chi connectivity index (χ0v) is 12.7. The van der Waals surface area contributed by atoms with Gasteiger partial charge in [0.1, 0.15) is 19.0 Å². The van der Waals surface area contributed by atoms with Gasteiger partial charge in [-0.3, -0.25) is 0 Å². The molecule has 0 fully saturated rings. The van der Waals surface area contributed by atoms with Crippen LogP contribution < -0.4 is 10.1 Å². The van der Waals surface area contributed by atoms with Crippen molar-refractivity contribution in [3.8, 4) is 5.75 Å². The maximum atomic E-state index is 11.8. The summed E-state index contributed by atoms with van der Waals surface area (Å²) >= 11 is 5.93. The Morgan fingerprint density at radius 2 is 2.09 bits per heavy atom. The Morgan fingerprint density at radius 3 is 2.91 bits per heavy atom. The maximum Gasteiger partial charge on any atom is 0.407 e. The van der Waals surface area contributed by atoms with Crippen LogP contribution in [0.3, 0.4) is 0 Å². The summed E-state index contributed by atoms with van der Waals surface area (Å²) in [5.41, 5.74) is 1.99. The maximum absolute atomic E-state index is 11.8. The number of hydrogen-bond acceptors (Lipinski definition) is 3. The van der Waals surface area contributed by atoms with Crippen molar-refractivity contribution in [3.05, 3.63) is 64.7 Å². The number of halogens is 1. The van der Waals surface area contributed by atoms with Crippen molar-refractivity contribution in [1.29, 1.82) is 0 Å². The molecule has 114 valence electrons. The van der Waals surface area contributed by atoms with Crippen molar-refractivity contribution in [2.24, 2.45) is 0 Å². The van der Waals surface area contributed by atoms with E-state index in [2.05, 4.69) is 5.32 Å². The fraction of sp³-hybridized carbons (Fsp3) is 0.235. The van der Waals surface area contributed by atoms with E-state index in [1.807, 2.05) is 42.5 Å². The number of hydrogen-bond donors (Lipinski definition) is 1. The van der Waals surface area contributed by atoms with Gasteiger partial charge < -0.3 is 14.8 Å². The molecule has 2 aromatic rings. The second-order valence-corrected chi connectivity index (χ2v) is 5.61. The molecule has 1 aliphatic rings. The smallest absolute Gasteiger partial charge is 0.407 e.